The Kier molecular flexibility index (Phi) is 3.80. The molecule has 1 fully saturated rings. The molecule has 0 saturated carbocycles. The summed E-state index contributed by atoms with van der Waals surface area (Å²) in [6.45, 7) is 3.53. The fraction of sp³-hybridized carbons (Fsp3) is 0.389. The average molecular weight is 324 g/mol. The van der Waals surface area contributed by atoms with Crippen molar-refractivity contribution >= 4 is 16.9 Å². The zero-order valence-electron chi connectivity index (χ0n) is 13.7. The summed E-state index contributed by atoms with van der Waals surface area (Å²) in [6, 6.07) is 7.96. The number of hydrogen-bond donors (Lipinski definition) is 0. The summed E-state index contributed by atoms with van der Waals surface area (Å²) in [5.74, 6) is 1.10. The van der Waals surface area contributed by atoms with E-state index in [0.717, 1.165) is 48.4 Å². The maximum absolute atomic E-state index is 12.7. The van der Waals surface area contributed by atoms with Gasteiger partial charge < -0.3 is 14.0 Å². The van der Waals surface area contributed by atoms with Gasteiger partial charge in [0.05, 0.1) is 12.5 Å². The molecule has 1 unspecified atom stereocenters. The van der Waals surface area contributed by atoms with Crippen LogP contribution in [0.1, 0.15) is 30.4 Å². The largest absolute Gasteiger partial charge is 0.356 e. The number of nitrogens with zero attached hydrogens (tertiary/aromatic N) is 4. The van der Waals surface area contributed by atoms with Gasteiger partial charge in [-0.1, -0.05) is 17.3 Å². The summed E-state index contributed by atoms with van der Waals surface area (Å²) < 4.78 is 7.47. The number of imidazole rings is 1. The van der Waals surface area contributed by atoms with Gasteiger partial charge in [-0.05, 0) is 31.9 Å². The van der Waals surface area contributed by atoms with Crippen molar-refractivity contribution in [2.24, 2.45) is 0 Å². The second kappa shape index (κ2) is 6.11. The van der Waals surface area contributed by atoms with Crippen molar-refractivity contribution in [2.75, 3.05) is 13.1 Å². The van der Waals surface area contributed by atoms with Crippen LogP contribution in [0.15, 0.2) is 41.2 Å². The number of aromatic nitrogens is 3. The van der Waals surface area contributed by atoms with Gasteiger partial charge in [-0.3, -0.25) is 4.79 Å². The minimum Gasteiger partial charge on any atom is -0.356 e. The van der Waals surface area contributed by atoms with Crippen molar-refractivity contribution in [3.63, 3.8) is 0 Å². The summed E-state index contributed by atoms with van der Waals surface area (Å²) in [7, 11) is 0. The molecule has 0 aliphatic carbocycles. The highest BCUT2D eigenvalue weighted by molar-refractivity contribution is 5.86. The molecule has 1 saturated heterocycles. The van der Waals surface area contributed by atoms with Crippen molar-refractivity contribution < 1.29 is 9.32 Å². The Morgan fingerprint density at radius 1 is 1.38 bits per heavy atom. The Balaban J connectivity index is 1.49. The molecule has 0 bridgehead atoms. The first-order chi connectivity index (χ1) is 11.7. The number of fused-ring (bicyclic) bond motifs is 1. The van der Waals surface area contributed by atoms with E-state index >= 15 is 0 Å². The third-order valence-electron chi connectivity index (χ3n) is 4.78. The van der Waals surface area contributed by atoms with Gasteiger partial charge in [0.25, 0.3) is 0 Å². The number of benzene rings is 1. The smallest absolute Gasteiger partial charge is 0.228 e. The topological polar surface area (TPSA) is 64.2 Å². The van der Waals surface area contributed by atoms with Crippen molar-refractivity contribution in [2.45, 2.75) is 32.2 Å². The van der Waals surface area contributed by atoms with Crippen molar-refractivity contribution in [3.05, 3.63) is 48.2 Å². The van der Waals surface area contributed by atoms with Crippen LogP contribution in [0.4, 0.5) is 0 Å². The number of aryl methyl sites for hydroxylation is 1. The number of likely N-dealkylation sites (tertiary alicyclic amines) is 1. The van der Waals surface area contributed by atoms with E-state index in [4.69, 9.17) is 4.52 Å². The summed E-state index contributed by atoms with van der Waals surface area (Å²) in [5.41, 5.74) is 1.45. The van der Waals surface area contributed by atoms with Gasteiger partial charge in [-0.2, -0.15) is 0 Å². The van der Waals surface area contributed by atoms with Crippen molar-refractivity contribution in [3.8, 4) is 0 Å². The molecule has 6 heteroatoms. The van der Waals surface area contributed by atoms with E-state index in [0.29, 0.717) is 6.04 Å². The first-order valence-electron chi connectivity index (χ1n) is 8.33. The quantitative estimate of drug-likeness (QED) is 0.743. The molecule has 24 heavy (non-hydrogen) atoms. The van der Waals surface area contributed by atoms with Crippen molar-refractivity contribution in [1.82, 2.24) is 19.6 Å². The summed E-state index contributed by atoms with van der Waals surface area (Å²) in [6.07, 6.45) is 6.19. The molecule has 0 spiro atoms. The molecular weight excluding hydrogens is 304 g/mol. The summed E-state index contributed by atoms with van der Waals surface area (Å²) in [5, 5.41) is 5.00. The molecule has 1 aromatic carbocycles. The molecule has 3 aromatic rings. The predicted octanol–water partition coefficient (Wildman–Crippen LogP) is 2.74. The van der Waals surface area contributed by atoms with Crippen LogP contribution >= 0.6 is 0 Å². The normalized spacial score (nSPS) is 18.2. The number of carbonyl (C=O) groups is 1. The van der Waals surface area contributed by atoms with Gasteiger partial charge in [0.1, 0.15) is 11.5 Å². The lowest BCUT2D eigenvalue weighted by Crippen LogP contribution is -2.41. The number of amides is 1. The van der Waals surface area contributed by atoms with E-state index in [2.05, 4.69) is 14.7 Å². The van der Waals surface area contributed by atoms with Gasteiger partial charge >= 0.3 is 0 Å². The maximum atomic E-state index is 12.7. The van der Waals surface area contributed by atoms with E-state index in [9.17, 15) is 4.79 Å². The van der Waals surface area contributed by atoms with E-state index < -0.39 is 0 Å². The fourth-order valence-electron chi connectivity index (χ4n) is 3.50. The molecule has 0 N–H and O–H groups in total. The fourth-order valence-corrected chi connectivity index (χ4v) is 3.50. The molecule has 6 nitrogen and oxygen atoms in total. The second-order valence-electron chi connectivity index (χ2n) is 6.32. The molecule has 0 radical (unpaired) electrons. The molecule has 4 rings (SSSR count). The Morgan fingerprint density at radius 3 is 3.08 bits per heavy atom. The Labute approximate surface area is 140 Å². The molecule has 124 valence electrons. The Bertz CT molecular complexity index is 867. The van der Waals surface area contributed by atoms with Crippen LogP contribution in [0, 0.1) is 6.92 Å². The number of rotatable bonds is 3. The molecule has 1 atom stereocenters. The number of carbonyl (C=O) groups excluding carboxylic acids is 1. The summed E-state index contributed by atoms with van der Waals surface area (Å²) in [4.78, 5) is 19.0. The minimum atomic E-state index is 0.108. The lowest BCUT2D eigenvalue weighted by atomic mass is 10.0. The van der Waals surface area contributed by atoms with Crippen LogP contribution < -0.4 is 0 Å². The zero-order chi connectivity index (χ0) is 16.5. The Hall–Kier alpha value is -2.63. The number of hydrogen-bond acceptors (Lipinski definition) is 4. The monoisotopic (exact) mass is 324 g/mol. The van der Waals surface area contributed by atoms with E-state index in [1.807, 2.05) is 48.5 Å². The second-order valence-corrected chi connectivity index (χ2v) is 6.32. The standard InChI is InChI=1S/C18H20N4O2/c1-13-19-8-10-22(13)14-5-4-9-21(12-14)18(23)11-16-15-6-2-3-7-17(15)24-20-16/h2-3,6-8,10,14H,4-5,9,11-12H2,1H3. The summed E-state index contributed by atoms with van der Waals surface area (Å²) >= 11 is 0. The Morgan fingerprint density at radius 2 is 2.25 bits per heavy atom. The molecule has 2 aromatic heterocycles. The van der Waals surface area contributed by atoms with Gasteiger partial charge in [0, 0.05) is 30.9 Å². The first-order valence-corrected chi connectivity index (χ1v) is 8.33. The number of para-hydroxylation sites is 1. The van der Waals surface area contributed by atoms with Crippen LogP contribution in [0.5, 0.6) is 0 Å². The minimum absolute atomic E-state index is 0.108. The van der Waals surface area contributed by atoms with E-state index in [1.54, 1.807) is 0 Å². The predicted molar refractivity (Wildman–Crippen MR) is 89.5 cm³/mol. The molecule has 3 heterocycles. The third kappa shape index (κ3) is 2.68. The highest BCUT2D eigenvalue weighted by Crippen LogP contribution is 2.24. The van der Waals surface area contributed by atoms with Gasteiger partial charge in [-0.25, -0.2) is 4.98 Å². The molecular formula is C18H20N4O2. The van der Waals surface area contributed by atoms with E-state index in [1.165, 1.54) is 0 Å². The highest BCUT2D eigenvalue weighted by atomic mass is 16.5. The van der Waals surface area contributed by atoms with Crippen LogP contribution in [0.3, 0.4) is 0 Å². The van der Waals surface area contributed by atoms with Crippen molar-refractivity contribution in [1.29, 1.82) is 0 Å². The number of piperidine rings is 1. The third-order valence-corrected chi connectivity index (χ3v) is 4.78. The van der Waals surface area contributed by atoms with Crippen LogP contribution in [-0.4, -0.2) is 38.6 Å². The maximum Gasteiger partial charge on any atom is 0.228 e. The average Bonchev–Trinajstić information content (AvgIpc) is 3.22. The lowest BCUT2D eigenvalue weighted by molar-refractivity contribution is -0.132. The van der Waals surface area contributed by atoms with Crippen LogP contribution in [0.25, 0.3) is 11.0 Å². The van der Waals surface area contributed by atoms with Crippen LogP contribution in [0.2, 0.25) is 0 Å². The lowest BCUT2D eigenvalue weighted by Gasteiger charge is -2.33. The van der Waals surface area contributed by atoms with Gasteiger partial charge in [0.2, 0.25) is 5.91 Å². The zero-order valence-corrected chi connectivity index (χ0v) is 13.7. The van der Waals surface area contributed by atoms with Gasteiger partial charge in [-0.15, -0.1) is 0 Å². The van der Waals surface area contributed by atoms with E-state index in [-0.39, 0.29) is 12.3 Å². The van der Waals surface area contributed by atoms with Gasteiger partial charge in [0.15, 0.2) is 5.58 Å². The van der Waals surface area contributed by atoms with Crippen LogP contribution in [-0.2, 0) is 11.2 Å². The first kappa shape index (κ1) is 14.9. The highest BCUT2D eigenvalue weighted by Gasteiger charge is 2.26. The molecule has 1 aliphatic heterocycles. The SMILES string of the molecule is Cc1nccn1C1CCCN(C(=O)Cc2noc3ccccc23)C1. The molecule has 1 amide bonds. The molecule has 1 aliphatic rings.